The maximum absolute atomic E-state index is 13.0. The Hall–Kier alpha value is -2.13. The number of para-hydroxylation sites is 1. The highest BCUT2D eigenvalue weighted by molar-refractivity contribution is 7.89. The van der Waals surface area contributed by atoms with Crippen molar-refractivity contribution in [3.63, 3.8) is 0 Å². The summed E-state index contributed by atoms with van der Waals surface area (Å²) in [6.07, 6.45) is 0. The van der Waals surface area contributed by atoms with E-state index in [0.717, 1.165) is 11.3 Å². The van der Waals surface area contributed by atoms with Gasteiger partial charge in [0.1, 0.15) is 0 Å². The quantitative estimate of drug-likeness (QED) is 0.597. The Kier molecular flexibility index (Phi) is 5.52. The summed E-state index contributed by atoms with van der Waals surface area (Å²) in [5.41, 5.74) is 1.80. The summed E-state index contributed by atoms with van der Waals surface area (Å²) < 4.78 is 32.5. The van der Waals surface area contributed by atoms with Gasteiger partial charge in [-0.05, 0) is 30.3 Å². The third-order valence-corrected chi connectivity index (χ3v) is 7.41. The van der Waals surface area contributed by atoms with Crippen LogP contribution in [0.25, 0.3) is 11.4 Å². The molecule has 1 saturated heterocycles. The third kappa shape index (κ3) is 3.98. The maximum atomic E-state index is 13.0. The number of aromatic nitrogens is 2. The van der Waals surface area contributed by atoms with Crippen molar-refractivity contribution in [2.24, 2.45) is 0 Å². The van der Waals surface area contributed by atoms with Gasteiger partial charge >= 0.3 is 0 Å². The second-order valence-corrected chi connectivity index (χ2v) is 9.37. The van der Waals surface area contributed by atoms with Crippen molar-refractivity contribution in [1.82, 2.24) is 14.4 Å². The Labute approximate surface area is 178 Å². The average Bonchev–Trinajstić information content (AvgIpc) is 3.16. The van der Waals surface area contributed by atoms with E-state index in [9.17, 15) is 8.42 Å². The van der Waals surface area contributed by atoms with Crippen LogP contribution in [-0.4, -0.2) is 49.0 Å². The Morgan fingerprint density at radius 2 is 1.72 bits per heavy atom. The first-order valence-corrected chi connectivity index (χ1v) is 11.2. The SMILES string of the molecule is Cc1nc(-c2ccccc2N2CCN(S(=O)(=O)c3ccc(Cl)c(Cl)c3)CC2)no1. The number of hydrogen-bond donors (Lipinski definition) is 0. The smallest absolute Gasteiger partial charge is 0.243 e. The van der Waals surface area contributed by atoms with E-state index in [4.69, 9.17) is 27.7 Å². The Morgan fingerprint density at radius 3 is 2.38 bits per heavy atom. The van der Waals surface area contributed by atoms with Gasteiger partial charge < -0.3 is 9.42 Å². The number of aryl methyl sites for hydroxylation is 1. The van der Waals surface area contributed by atoms with E-state index < -0.39 is 10.0 Å². The molecule has 2 heterocycles. The molecule has 0 amide bonds. The molecule has 1 aliphatic rings. The predicted molar refractivity (Wildman–Crippen MR) is 112 cm³/mol. The van der Waals surface area contributed by atoms with Crippen molar-refractivity contribution in [3.05, 3.63) is 58.4 Å². The zero-order valence-electron chi connectivity index (χ0n) is 15.5. The van der Waals surface area contributed by atoms with Crippen LogP contribution < -0.4 is 4.90 Å². The molecule has 2 aromatic carbocycles. The fraction of sp³-hybridized carbons (Fsp3) is 0.263. The molecular formula is C19H18Cl2N4O3S. The molecule has 0 saturated carbocycles. The van der Waals surface area contributed by atoms with Gasteiger partial charge in [0.05, 0.1) is 14.9 Å². The first-order valence-electron chi connectivity index (χ1n) is 8.96. The molecule has 0 aliphatic carbocycles. The Bertz CT molecular complexity index is 1140. The molecule has 7 nitrogen and oxygen atoms in total. The van der Waals surface area contributed by atoms with Crippen molar-refractivity contribution in [2.45, 2.75) is 11.8 Å². The zero-order valence-corrected chi connectivity index (χ0v) is 17.9. The summed E-state index contributed by atoms with van der Waals surface area (Å²) in [6.45, 7) is 3.51. The van der Waals surface area contributed by atoms with Crippen molar-refractivity contribution in [2.75, 3.05) is 31.1 Å². The van der Waals surface area contributed by atoms with Gasteiger partial charge in [-0.1, -0.05) is 40.5 Å². The summed E-state index contributed by atoms with van der Waals surface area (Å²) in [7, 11) is -3.64. The average molecular weight is 453 g/mol. The van der Waals surface area contributed by atoms with Crippen LogP contribution in [0, 0.1) is 6.92 Å². The van der Waals surface area contributed by atoms with E-state index in [1.807, 2.05) is 24.3 Å². The highest BCUT2D eigenvalue weighted by atomic mass is 35.5. The molecule has 1 fully saturated rings. The highest BCUT2D eigenvalue weighted by Gasteiger charge is 2.30. The Balaban J connectivity index is 1.54. The molecule has 1 aliphatic heterocycles. The van der Waals surface area contributed by atoms with Gasteiger partial charge in [-0.2, -0.15) is 9.29 Å². The van der Waals surface area contributed by atoms with Gasteiger partial charge in [0.15, 0.2) is 0 Å². The summed E-state index contributed by atoms with van der Waals surface area (Å²) >= 11 is 11.9. The molecule has 0 atom stereocenters. The van der Waals surface area contributed by atoms with E-state index in [2.05, 4.69) is 15.0 Å². The molecule has 152 valence electrons. The fourth-order valence-electron chi connectivity index (χ4n) is 3.30. The van der Waals surface area contributed by atoms with Gasteiger partial charge in [-0.15, -0.1) is 0 Å². The molecule has 0 unspecified atom stereocenters. The summed E-state index contributed by atoms with van der Waals surface area (Å²) in [4.78, 5) is 6.58. The lowest BCUT2D eigenvalue weighted by molar-refractivity contribution is 0.385. The van der Waals surface area contributed by atoms with Crippen LogP contribution in [0.1, 0.15) is 5.89 Å². The summed E-state index contributed by atoms with van der Waals surface area (Å²) in [5.74, 6) is 1.01. The maximum Gasteiger partial charge on any atom is 0.243 e. The van der Waals surface area contributed by atoms with E-state index in [-0.39, 0.29) is 9.92 Å². The predicted octanol–water partition coefficient (Wildman–Crippen LogP) is 3.86. The van der Waals surface area contributed by atoms with Crippen LogP contribution in [0.15, 0.2) is 51.9 Å². The molecule has 0 N–H and O–H groups in total. The normalized spacial score (nSPS) is 15.6. The second-order valence-electron chi connectivity index (χ2n) is 6.62. The number of nitrogens with zero attached hydrogens (tertiary/aromatic N) is 4. The lowest BCUT2D eigenvalue weighted by Crippen LogP contribution is -2.48. The van der Waals surface area contributed by atoms with Crippen molar-refractivity contribution < 1.29 is 12.9 Å². The second kappa shape index (κ2) is 7.95. The molecule has 3 aromatic rings. The lowest BCUT2D eigenvalue weighted by Gasteiger charge is -2.36. The van der Waals surface area contributed by atoms with Gasteiger partial charge in [0, 0.05) is 44.4 Å². The van der Waals surface area contributed by atoms with Gasteiger partial charge in [-0.3, -0.25) is 0 Å². The zero-order chi connectivity index (χ0) is 20.6. The first-order chi connectivity index (χ1) is 13.9. The number of hydrogen-bond acceptors (Lipinski definition) is 6. The van der Waals surface area contributed by atoms with Crippen LogP contribution in [0.2, 0.25) is 10.0 Å². The first kappa shape index (κ1) is 20.2. The van der Waals surface area contributed by atoms with Crippen LogP contribution >= 0.6 is 23.2 Å². The minimum atomic E-state index is -3.64. The molecule has 1 aromatic heterocycles. The molecule has 0 spiro atoms. The highest BCUT2D eigenvalue weighted by Crippen LogP contribution is 2.31. The van der Waals surface area contributed by atoms with Crippen LogP contribution in [0.3, 0.4) is 0 Å². The number of anilines is 1. The minimum Gasteiger partial charge on any atom is -0.368 e. The van der Waals surface area contributed by atoms with Crippen LogP contribution in [0.4, 0.5) is 5.69 Å². The number of sulfonamides is 1. The van der Waals surface area contributed by atoms with Gasteiger partial charge in [0.2, 0.25) is 21.7 Å². The molecule has 29 heavy (non-hydrogen) atoms. The van der Waals surface area contributed by atoms with Crippen LogP contribution in [-0.2, 0) is 10.0 Å². The van der Waals surface area contributed by atoms with Crippen LogP contribution in [0.5, 0.6) is 0 Å². The third-order valence-electron chi connectivity index (χ3n) is 4.78. The number of piperazine rings is 1. The molecule has 0 radical (unpaired) electrons. The molecule has 0 bridgehead atoms. The standard InChI is InChI=1S/C19H18Cl2N4O3S/c1-13-22-19(23-28-13)15-4-2-3-5-18(15)24-8-10-25(11-9-24)29(26,27)14-6-7-16(20)17(21)12-14/h2-7,12H,8-11H2,1H3. The van der Waals surface area contributed by atoms with E-state index in [1.165, 1.54) is 22.5 Å². The fourth-order valence-corrected chi connectivity index (χ4v) is 5.11. The topological polar surface area (TPSA) is 79.5 Å². The molecular weight excluding hydrogens is 435 g/mol. The summed E-state index contributed by atoms with van der Waals surface area (Å²) in [6, 6.07) is 12.1. The lowest BCUT2D eigenvalue weighted by atomic mass is 10.1. The number of halogens is 2. The van der Waals surface area contributed by atoms with E-state index in [1.54, 1.807) is 6.92 Å². The number of benzene rings is 2. The molecule has 10 heteroatoms. The molecule has 4 rings (SSSR count). The van der Waals surface area contributed by atoms with Gasteiger partial charge in [0.25, 0.3) is 0 Å². The van der Waals surface area contributed by atoms with Crippen molar-refractivity contribution >= 4 is 38.9 Å². The van der Waals surface area contributed by atoms with E-state index >= 15 is 0 Å². The number of rotatable bonds is 4. The summed E-state index contributed by atoms with van der Waals surface area (Å²) in [5, 5.41) is 4.55. The van der Waals surface area contributed by atoms with E-state index in [0.29, 0.717) is 42.9 Å². The van der Waals surface area contributed by atoms with Crippen molar-refractivity contribution in [1.29, 1.82) is 0 Å². The van der Waals surface area contributed by atoms with Gasteiger partial charge in [-0.25, -0.2) is 8.42 Å². The Morgan fingerprint density at radius 1 is 1.00 bits per heavy atom. The van der Waals surface area contributed by atoms with Crippen molar-refractivity contribution in [3.8, 4) is 11.4 Å². The largest absolute Gasteiger partial charge is 0.368 e. The minimum absolute atomic E-state index is 0.142. The monoisotopic (exact) mass is 452 g/mol.